The first-order valence-corrected chi connectivity index (χ1v) is 9.87. The van der Waals surface area contributed by atoms with Crippen LogP contribution in [-0.4, -0.2) is 65.2 Å². The van der Waals surface area contributed by atoms with E-state index in [1.807, 2.05) is 18.2 Å². The van der Waals surface area contributed by atoms with Crippen LogP contribution in [0.3, 0.4) is 0 Å². The molecule has 2 heterocycles. The van der Waals surface area contributed by atoms with Gasteiger partial charge in [-0.1, -0.05) is 30.3 Å². The number of rotatable bonds is 6. The molecule has 2 aromatic rings. The van der Waals surface area contributed by atoms with Gasteiger partial charge in [0, 0.05) is 51.4 Å². The zero-order valence-electron chi connectivity index (χ0n) is 16.6. The van der Waals surface area contributed by atoms with Crippen LogP contribution < -0.4 is 5.32 Å². The number of aryl methyl sites for hydroxylation is 1. The molecule has 152 valence electrons. The van der Waals surface area contributed by atoms with Gasteiger partial charge in [-0.15, -0.1) is 0 Å². The number of amides is 3. The number of hydrogen-bond acceptors (Lipinski definition) is 4. The molecule has 29 heavy (non-hydrogen) atoms. The Morgan fingerprint density at radius 1 is 1.00 bits per heavy atom. The van der Waals surface area contributed by atoms with E-state index in [0.29, 0.717) is 38.3 Å². The van der Waals surface area contributed by atoms with E-state index in [-0.39, 0.29) is 23.4 Å². The van der Waals surface area contributed by atoms with Crippen molar-refractivity contribution in [2.24, 2.45) is 0 Å². The summed E-state index contributed by atoms with van der Waals surface area (Å²) in [5.74, 6) is -0.407. The summed E-state index contributed by atoms with van der Waals surface area (Å²) in [5, 5.41) is 2.86. The topological polar surface area (TPSA) is 82.6 Å². The molecule has 0 atom stereocenters. The van der Waals surface area contributed by atoms with Crippen LogP contribution >= 0.6 is 0 Å². The summed E-state index contributed by atoms with van der Waals surface area (Å²) in [7, 11) is 0. The van der Waals surface area contributed by atoms with E-state index in [4.69, 9.17) is 0 Å². The summed E-state index contributed by atoms with van der Waals surface area (Å²) in [4.78, 5) is 44.1. The minimum absolute atomic E-state index is 0.0206. The minimum atomic E-state index is -0.283. The Labute approximate surface area is 170 Å². The van der Waals surface area contributed by atoms with Gasteiger partial charge in [-0.2, -0.15) is 0 Å². The van der Waals surface area contributed by atoms with Crippen LogP contribution in [0.2, 0.25) is 0 Å². The van der Waals surface area contributed by atoms with Gasteiger partial charge in [-0.25, -0.2) is 0 Å². The predicted octanol–water partition coefficient (Wildman–Crippen LogP) is 1.75. The maximum Gasteiger partial charge on any atom is 0.269 e. The summed E-state index contributed by atoms with van der Waals surface area (Å²) < 4.78 is 0. The highest BCUT2D eigenvalue weighted by atomic mass is 16.2. The van der Waals surface area contributed by atoms with Gasteiger partial charge < -0.3 is 15.1 Å². The molecular weight excluding hydrogens is 368 g/mol. The first kappa shape index (κ1) is 20.5. The Morgan fingerprint density at radius 2 is 1.69 bits per heavy atom. The Balaban J connectivity index is 1.51. The average molecular weight is 394 g/mol. The number of benzene rings is 1. The van der Waals surface area contributed by atoms with Gasteiger partial charge in [-0.3, -0.25) is 19.4 Å². The van der Waals surface area contributed by atoms with Crippen LogP contribution in [0.1, 0.15) is 39.8 Å². The van der Waals surface area contributed by atoms with Crippen molar-refractivity contribution in [3.63, 3.8) is 0 Å². The summed E-state index contributed by atoms with van der Waals surface area (Å²) >= 11 is 0. The molecule has 1 aromatic heterocycles. The van der Waals surface area contributed by atoms with Gasteiger partial charge in [0.25, 0.3) is 11.8 Å². The summed E-state index contributed by atoms with van der Waals surface area (Å²) in [6.45, 7) is 4.11. The van der Waals surface area contributed by atoms with Crippen molar-refractivity contribution >= 4 is 17.7 Å². The van der Waals surface area contributed by atoms with Crippen LogP contribution in [-0.2, 0) is 11.2 Å². The van der Waals surface area contributed by atoms with Crippen molar-refractivity contribution in [2.75, 3.05) is 32.7 Å². The number of piperazine rings is 1. The van der Waals surface area contributed by atoms with Crippen molar-refractivity contribution in [1.29, 1.82) is 0 Å². The Bertz CT molecular complexity index is 861. The lowest BCUT2D eigenvalue weighted by Gasteiger charge is -2.34. The van der Waals surface area contributed by atoms with Crippen molar-refractivity contribution in [3.05, 3.63) is 65.5 Å². The van der Waals surface area contributed by atoms with Gasteiger partial charge in [0.2, 0.25) is 5.91 Å². The molecule has 1 aromatic carbocycles. The fourth-order valence-electron chi connectivity index (χ4n) is 3.32. The van der Waals surface area contributed by atoms with Crippen LogP contribution in [0, 0.1) is 0 Å². The van der Waals surface area contributed by atoms with Crippen molar-refractivity contribution < 1.29 is 14.4 Å². The first-order chi connectivity index (χ1) is 14.0. The molecule has 7 nitrogen and oxygen atoms in total. The maximum atomic E-state index is 12.7. The zero-order chi connectivity index (χ0) is 20.6. The number of nitrogens with one attached hydrogen (secondary N) is 1. The molecule has 3 rings (SSSR count). The molecular formula is C22H26N4O3. The highest BCUT2D eigenvalue weighted by molar-refractivity contribution is 5.98. The summed E-state index contributed by atoms with van der Waals surface area (Å²) in [6, 6.07) is 13.3. The molecule has 1 saturated heterocycles. The quantitative estimate of drug-likeness (QED) is 0.757. The van der Waals surface area contributed by atoms with E-state index in [1.165, 1.54) is 24.8 Å². The molecule has 7 heteroatoms. The number of carbonyl (C=O) groups excluding carboxylic acids is 3. The monoisotopic (exact) mass is 394 g/mol. The van der Waals surface area contributed by atoms with Crippen LogP contribution in [0.4, 0.5) is 0 Å². The fraction of sp³-hybridized carbons (Fsp3) is 0.364. The molecule has 0 saturated carbocycles. The van der Waals surface area contributed by atoms with Gasteiger partial charge in [0.1, 0.15) is 5.69 Å². The third-order valence-electron chi connectivity index (χ3n) is 5.02. The lowest BCUT2D eigenvalue weighted by Crippen LogP contribution is -2.50. The third kappa shape index (κ3) is 5.63. The predicted molar refractivity (Wildman–Crippen MR) is 109 cm³/mol. The van der Waals surface area contributed by atoms with E-state index in [9.17, 15) is 14.4 Å². The van der Waals surface area contributed by atoms with Crippen LogP contribution in [0.25, 0.3) is 0 Å². The fourth-order valence-corrected chi connectivity index (χ4v) is 3.32. The normalized spacial score (nSPS) is 13.8. The molecule has 0 bridgehead atoms. The second-order valence-electron chi connectivity index (χ2n) is 7.07. The van der Waals surface area contributed by atoms with Crippen molar-refractivity contribution in [1.82, 2.24) is 20.1 Å². The zero-order valence-corrected chi connectivity index (χ0v) is 16.6. The van der Waals surface area contributed by atoms with E-state index in [2.05, 4.69) is 22.4 Å². The molecule has 1 aliphatic heterocycles. The molecule has 0 unspecified atom stereocenters. The molecule has 1 N–H and O–H groups in total. The maximum absolute atomic E-state index is 12.7. The second kappa shape index (κ2) is 9.82. The highest BCUT2D eigenvalue weighted by Crippen LogP contribution is 2.10. The Kier molecular flexibility index (Phi) is 6.94. The van der Waals surface area contributed by atoms with Crippen LogP contribution in [0.5, 0.6) is 0 Å². The number of nitrogens with zero attached hydrogens (tertiary/aromatic N) is 3. The molecule has 0 spiro atoms. The third-order valence-corrected chi connectivity index (χ3v) is 5.02. The Hall–Kier alpha value is -3.22. The Morgan fingerprint density at radius 3 is 2.38 bits per heavy atom. The summed E-state index contributed by atoms with van der Waals surface area (Å²) in [6.07, 6.45) is 3.20. The largest absolute Gasteiger partial charge is 0.351 e. The smallest absolute Gasteiger partial charge is 0.269 e. The lowest BCUT2D eigenvalue weighted by molar-refractivity contribution is -0.130. The SMILES string of the molecule is CC(=O)N1CCN(C(=O)c2ccnc(C(=O)NCCCc3ccccc3)c2)CC1. The standard InChI is InChI=1S/C22H26N4O3/c1-17(27)25-12-14-26(15-13-25)22(29)19-9-11-23-20(16-19)21(28)24-10-5-8-18-6-3-2-4-7-18/h2-4,6-7,9,11,16H,5,8,10,12-15H2,1H3,(H,24,28). The summed E-state index contributed by atoms with van der Waals surface area (Å²) in [5.41, 5.74) is 1.90. The van der Waals surface area contributed by atoms with E-state index >= 15 is 0 Å². The average Bonchev–Trinajstić information content (AvgIpc) is 2.77. The molecule has 0 aliphatic carbocycles. The molecule has 1 aliphatic rings. The molecule has 3 amide bonds. The van der Waals surface area contributed by atoms with E-state index in [0.717, 1.165) is 12.8 Å². The van der Waals surface area contributed by atoms with E-state index < -0.39 is 0 Å². The number of carbonyl (C=O) groups is 3. The first-order valence-electron chi connectivity index (χ1n) is 9.87. The number of aromatic nitrogens is 1. The van der Waals surface area contributed by atoms with Crippen LogP contribution in [0.15, 0.2) is 48.7 Å². The molecule has 1 fully saturated rings. The number of hydrogen-bond donors (Lipinski definition) is 1. The highest BCUT2D eigenvalue weighted by Gasteiger charge is 2.23. The van der Waals surface area contributed by atoms with Gasteiger partial charge in [0.05, 0.1) is 0 Å². The van der Waals surface area contributed by atoms with Crippen molar-refractivity contribution in [3.8, 4) is 0 Å². The number of pyridine rings is 1. The van der Waals surface area contributed by atoms with Crippen molar-refractivity contribution in [2.45, 2.75) is 19.8 Å². The molecule has 0 radical (unpaired) electrons. The second-order valence-corrected chi connectivity index (χ2v) is 7.07. The van der Waals surface area contributed by atoms with Gasteiger partial charge in [-0.05, 0) is 30.5 Å². The lowest BCUT2D eigenvalue weighted by atomic mass is 10.1. The van der Waals surface area contributed by atoms with Gasteiger partial charge in [0.15, 0.2) is 0 Å². The van der Waals surface area contributed by atoms with E-state index in [1.54, 1.807) is 15.9 Å². The van der Waals surface area contributed by atoms with Gasteiger partial charge >= 0.3 is 0 Å². The minimum Gasteiger partial charge on any atom is -0.351 e.